The van der Waals surface area contributed by atoms with Gasteiger partial charge in [0.2, 0.25) is 0 Å². The summed E-state index contributed by atoms with van der Waals surface area (Å²) in [6, 6.07) is 0. The molecule has 0 rings (SSSR count). The predicted octanol–water partition coefficient (Wildman–Crippen LogP) is 4.36. The molecule has 88 valence electrons. The number of halogens is 1. The minimum atomic E-state index is -0.376. The van der Waals surface area contributed by atoms with Crippen LogP contribution in [0.3, 0.4) is 0 Å². The summed E-state index contributed by atoms with van der Waals surface area (Å²) in [5.74, 6) is 0. The maximum atomic E-state index is 11.0. The van der Waals surface area contributed by atoms with Gasteiger partial charge in [0.25, 0.3) is 5.70 Å². The molecule has 0 spiro atoms. The Morgan fingerprint density at radius 2 is 2.12 bits per heavy atom. The van der Waals surface area contributed by atoms with Gasteiger partial charge in [0.15, 0.2) is 0 Å². The number of hydrogen-bond acceptors (Lipinski definition) is 2. The zero-order valence-electron chi connectivity index (χ0n) is 9.79. The fourth-order valence-electron chi connectivity index (χ4n) is 1.36. The Labute approximate surface area is 105 Å². The van der Waals surface area contributed by atoms with E-state index in [1.165, 1.54) is 0 Å². The van der Waals surface area contributed by atoms with Gasteiger partial charge < -0.3 is 0 Å². The summed E-state index contributed by atoms with van der Waals surface area (Å²) in [5.41, 5.74) is 1.57. The highest BCUT2D eigenvalue weighted by Crippen LogP contribution is 2.25. The number of rotatable bonds is 5. The second kappa shape index (κ2) is 7.17. The fraction of sp³-hybridized carbons (Fsp3) is 0.333. The van der Waals surface area contributed by atoms with Crippen molar-refractivity contribution in [1.82, 2.24) is 0 Å². The smallest absolute Gasteiger partial charge is 0.258 e. The van der Waals surface area contributed by atoms with E-state index in [1.54, 1.807) is 25.2 Å². The molecule has 0 saturated heterocycles. The summed E-state index contributed by atoms with van der Waals surface area (Å²) in [5, 5.41) is 11.0. The number of allylic oxidation sites excluding steroid dienone is 5. The zero-order chi connectivity index (χ0) is 12.7. The van der Waals surface area contributed by atoms with Gasteiger partial charge in [0.05, 0.1) is 15.0 Å². The third-order valence-electron chi connectivity index (χ3n) is 2.07. The lowest BCUT2D eigenvalue weighted by atomic mass is 10.0. The van der Waals surface area contributed by atoms with E-state index in [0.29, 0.717) is 16.5 Å². The normalized spacial score (nSPS) is 14.5. The van der Waals surface area contributed by atoms with Crippen LogP contribution in [-0.2, 0) is 0 Å². The minimum Gasteiger partial charge on any atom is -0.258 e. The molecule has 0 aromatic rings. The third kappa shape index (κ3) is 3.77. The van der Waals surface area contributed by atoms with Gasteiger partial charge in [0.1, 0.15) is 0 Å². The quantitative estimate of drug-likeness (QED) is 0.428. The molecule has 0 aromatic carbocycles. The summed E-state index contributed by atoms with van der Waals surface area (Å²) in [7, 11) is 0. The second-order valence-corrected chi connectivity index (χ2v) is 4.33. The van der Waals surface area contributed by atoms with E-state index < -0.39 is 0 Å². The van der Waals surface area contributed by atoms with Crippen LogP contribution in [0.15, 0.2) is 46.1 Å². The van der Waals surface area contributed by atoms with Crippen LogP contribution < -0.4 is 0 Å². The summed E-state index contributed by atoms with van der Waals surface area (Å²) in [6.45, 7) is 9.13. The minimum absolute atomic E-state index is 0.0925. The van der Waals surface area contributed by atoms with E-state index in [9.17, 15) is 10.1 Å². The lowest BCUT2D eigenvalue weighted by Gasteiger charge is -2.06. The van der Waals surface area contributed by atoms with Gasteiger partial charge in [0, 0.05) is 0 Å². The van der Waals surface area contributed by atoms with Crippen molar-refractivity contribution < 1.29 is 4.92 Å². The molecule has 0 aliphatic carbocycles. The molecule has 16 heavy (non-hydrogen) atoms. The van der Waals surface area contributed by atoms with Crippen LogP contribution in [0.1, 0.15) is 27.2 Å². The first-order chi connectivity index (χ1) is 7.49. The lowest BCUT2D eigenvalue weighted by Crippen LogP contribution is -2.04. The molecule has 0 unspecified atom stereocenters. The van der Waals surface area contributed by atoms with Gasteiger partial charge in [-0.1, -0.05) is 31.7 Å². The van der Waals surface area contributed by atoms with Crippen LogP contribution in [0.25, 0.3) is 0 Å². The summed E-state index contributed by atoms with van der Waals surface area (Å²) in [6.07, 6.45) is 5.90. The van der Waals surface area contributed by atoms with Crippen molar-refractivity contribution in [3.05, 3.63) is 56.2 Å². The van der Waals surface area contributed by atoms with Crippen LogP contribution in [-0.4, -0.2) is 4.92 Å². The van der Waals surface area contributed by atoms with E-state index in [0.717, 1.165) is 5.57 Å². The molecule has 0 bridgehead atoms. The average molecular weight is 286 g/mol. The van der Waals surface area contributed by atoms with E-state index in [4.69, 9.17) is 0 Å². The van der Waals surface area contributed by atoms with E-state index >= 15 is 0 Å². The van der Waals surface area contributed by atoms with Crippen molar-refractivity contribution in [2.45, 2.75) is 27.2 Å². The van der Waals surface area contributed by atoms with Crippen LogP contribution >= 0.6 is 15.9 Å². The van der Waals surface area contributed by atoms with Crippen LogP contribution in [0, 0.1) is 10.1 Å². The summed E-state index contributed by atoms with van der Waals surface area (Å²) < 4.78 is 0.512. The third-order valence-corrected chi connectivity index (χ3v) is 2.45. The molecule has 0 heterocycles. The molecule has 0 amide bonds. The first-order valence-electron chi connectivity index (χ1n) is 4.98. The highest BCUT2D eigenvalue weighted by Gasteiger charge is 2.20. The monoisotopic (exact) mass is 285 g/mol. The fourth-order valence-corrected chi connectivity index (χ4v) is 1.72. The largest absolute Gasteiger partial charge is 0.286 e. The molecular weight excluding hydrogens is 270 g/mol. The van der Waals surface area contributed by atoms with Gasteiger partial charge in [-0.05, 0) is 41.8 Å². The Balaban J connectivity index is 5.89. The van der Waals surface area contributed by atoms with E-state index in [1.807, 2.05) is 13.8 Å². The van der Waals surface area contributed by atoms with Gasteiger partial charge in [-0.15, -0.1) is 0 Å². The van der Waals surface area contributed by atoms with Gasteiger partial charge in [-0.25, -0.2) is 0 Å². The molecule has 0 aliphatic rings. The Kier molecular flexibility index (Phi) is 6.65. The zero-order valence-corrected chi connectivity index (χ0v) is 11.4. The predicted molar refractivity (Wildman–Crippen MR) is 70.9 cm³/mol. The van der Waals surface area contributed by atoms with Gasteiger partial charge >= 0.3 is 0 Å². The molecule has 0 N–H and O–H groups in total. The molecule has 0 aliphatic heterocycles. The Hall–Kier alpha value is -1.16. The molecule has 0 fully saturated rings. The van der Waals surface area contributed by atoms with Gasteiger partial charge in [-0.3, -0.25) is 10.1 Å². The number of nitrogens with zero attached hydrogens (tertiary/aromatic N) is 1. The van der Waals surface area contributed by atoms with Gasteiger partial charge in [-0.2, -0.15) is 0 Å². The molecule has 0 radical (unpaired) electrons. The van der Waals surface area contributed by atoms with Crippen LogP contribution in [0.4, 0.5) is 0 Å². The maximum Gasteiger partial charge on any atom is 0.286 e. The summed E-state index contributed by atoms with van der Waals surface area (Å²) in [4.78, 5) is 10.6. The molecule has 4 heteroatoms. The van der Waals surface area contributed by atoms with Crippen molar-refractivity contribution >= 4 is 15.9 Å². The number of nitro groups is 1. The van der Waals surface area contributed by atoms with Crippen LogP contribution in [0.5, 0.6) is 0 Å². The molecule has 0 saturated carbocycles. The van der Waals surface area contributed by atoms with Crippen molar-refractivity contribution in [1.29, 1.82) is 0 Å². The Morgan fingerprint density at radius 3 is 2.38 bits per heavy atom. The molecule has 0 aromatic heterocycles. The lowest BCUT2D eigenvalue weighted by molar-refractivity contribution is -0.420. The van der Waals surface area contributed by atoms with E-state index in [-0.39, 0.29) is 10.6 Å². The first kappa shape index (κ1) is 14.8. The SMILES string of the molecule is C=C/C(CC)=C(\C=C/C)C(=C(\C)Br)/[N+](=O)[O-]. The second-order valence-electron chi connectivity index (χ2n) is 3.14. The Morgan fingerprint density at radius 1 is 1.56 bits per heavy atom. The molecule has 3 nitrogen and oxygen atoms in total. The van der Waals surface area contributed by atoms with Crippen LogP contribution in [0.2, 0.25) is 0 Å². The average Bonchev–Trinajstić information content (AvgIpc) is 2.18. The topological polar surface area (TPSA) is 43.1 Å². The highest BCUT2D eigenvalue weighted by atomic mass is 79.9. The highest BCUT2D eigenvalue weighted by molar-refractivity contribution is 9.11. The standard InChI is InChI=1S/C12H16BrNO2/c1-5-8-11(10(6-2)7-3)12(9(4)13)14(15)16/h5-6,8H,2,7H2,1,3-4H3/b8-5-,11-10-,12-9-. The van der Waals surface area contributed by atoms with Crippen molar-refractivity contribution in [2.24, 2.45) is 0 Å². The first-order valence-corrected chi connectivity index (χ1v) is 5.78. The van der Waals surface area contributed by atoms with E-state index in [2.05, 4.69) is 22.5 Å². The van der Waals surface area contributed by atoms with Crippen molar-refractivity contribution in [3.8, 4) is 0 Å². The van der Waals surface area contributed by atoms with Crippen molar-refractivity contribution in [3.63, 3.8) is 0 Å². The van der Waals surface area contributed by atoms with Crippen molar-refractivity contribution in [2.75, 3.05) is 0 Å². The molecular formula is C12H16BrNO2. The maximum absolute atomic E-state index is 11.0. The Bertz CT molecular complexity index is 374. The summed E-state index contributed by atoms with van der Waals surface area (Å²) >= 11 is 3.17. The molecule has 0 atom stereocenters. The number of hydrogen-bond donors (Lipinski definition) is 0.